The van der Waals surface area contributed by atoms with E-state index in [1.165, 1.54) is 14.0 Å². The predicted octanol–water partition coefficient (Wildman–Crippen LogP) is 4.05. The van der Waals surface area contributed by atoms with Crippen LogP contribution in [-0.2, 0) is 11.8 Å². The summed E-state index contributed by atoms with van der Waals surface area (Å²) in [6.07, 6.45) is 0. The first-order valence-corrected chi connectivity index (χ1v) is 8.30. The molecular formula is C19H18ClN3O3. The molecule has 6 nitrogen and oxygen atoms in total. The number of anilines is 2. The maximum Gasteiger partial charge on any atom is 0.273 e. The van der Waals surface area contributed by atoms with E-state index in [0.717, 1.165) is 10.9 Å². The van der Waals surface area contributed by atoms with Crippen LogP contribution in [0.15, 0.2) is 42.5 Å². The van der Waals surface area contributed by atoms with E-state index in [2.05, 4.69) is 10.6 Å². The molecule has 0 aliphatic heterocycles. The predicted molar refractivity (Wildman–Crippen MR) is 103 cm³/mol. The third-order valence-electron chi connectivity index (χ3n) is 4.03. The van der Waals surface area contributed by atoms with Gasteiger partial charge >= 0.3 is 0 Å². The van der Waals surface area contributed by atoms with Crippen molar-refractivity contribution in [1.29, 1.82) is 0 Å². The summed E-state index contributed by atoms with van der Waals surface area (Å²) in [5, 5.41) is 6.71. The molecule has 3 aromatic rings. The number of aromatic nitrogens is 1. The van der Waals surface area contributed by atoms with Crippen molar-refractivity contribution < 1.29 is 14.3 Å². The highest BCUT2D eigenvalue weighted by Gasteiger charge is 2.20. The van der Waals surface area contributed by atoms with Crippen LogP contribution >= 0.6 is 11.6 Å². The molecule has 0 fully saturated rings. The largest absolute Gasteiger partial charge is 0.494 e. The Balaban J connectivity index is 1.92. The molecule has 134 valence electrons. The van der Waals surface area contributed by atoms with Crippen molar-refractivity contribution in [1.82, 2.24) is 4.57 Å². The maximum atomic E-state index is 12.8. The van der Waals surface area contributed by atoms with Gasteiger partial charge in [0.2, 0.25) is 5.91 Å². The Hall–Kier alpha value is -2.99. The number of nitrogens with one attached hydrogen (secondary N) is 2. The number of ether oxygens (including phenoxy) is 1. The second kappa shape index (κ2) is 7.09. The van der Waals surface area contributed by atoms with Crippen molar-refractivity contribution >= 4 is 45.7 Å². The topological polar surface area (TPSA) is 72.4 Å². The van der Waals surface area contributed by atoms with Crippen LogP contribution in [0.5, 0.6) is 5.75 Å². The fourth-order valence-electron chi connectivity index (χ4n) is 2.85. The zero-order valence-electron chi connectivity index (χ0n) is 14.6. The van der Waals surface area contributed by atoms with Gasteiger partial charge in [0, 0.05) is 36.6 Å². The number of fused-ring (bicyclic) bond motifs is 1. The number of hydrogen-bond acceptors (Lipinski definition) is 3. The molecule has 1 heterocycles. The van der Waals surface area contributed by atoms with Gasteiger partial charge in [0.25, 0.3) is 5.91 Å². The Kier molecular flexibility index (Phi) is 4.86. The molecule has 7 heteroatoms. The number of nitrogens with zero attached hydrogens (tertiary/aromatic N) is 1. The number of rotatable bonds is 4. The molecule has 0 atom stereocenters. The van der Waals surface area contributed by atoms with Crippen molar-refractivity contribution in [3.8, 4) is 5.75 Å². The van der Waals surface area contributed by atoms with Crippen molar-refractivity contribution in [3.63, 3.8) is 0 Å². The molecule has 2 amide bonds. The first-order chi connectivity index (χ1) is 12.4. The average Bonchev–Trinajstić information content (AvgIpc) is 2.87. The van der Waals surface area contributed by atoms with Gasteiger partial charge in [0.1, 0.15) is 11.4 Å². The van der Waals surface area contributed by atoms with Crippen molar-refractivity contribution in [2.75, 3.05) is 17.7 Å². The molecule has 0 spiro atoms. The molecule has 2 N–H and O–H groups in total. The molecule has 0 aliphatic rings. The van der Waals surface area contributed by atoms with Crippen LogP contribution in [0, 0.1) is 0 Å². The number of aryl methyl sites for hydroxylation is 1. The van der Waals surface area contributed by atoms with Gasteiger partial charge in [-0.05, 0) is 18.2 Å². The lowest BCUT2D eigenvalue weighted by Gasteiger charge is -2.12. The fraction of sp³-hybridized carbons (Fsp3) is 0.158. The number of benzene rings is 2. The molecule has 26 heavy (non-hydrogen) atoms. The van der Waals surface area contributed by atoms with Gasteiger partial charge in [-0.2, -0.15) is 0 Å². The minimum Gasteiger partial charge on any atom is -0.494 e. The molecule has 0 saturated heterocycles. The molecule has 1 aromatic heterocycles. The van der Waals surface area contributed by atoms with Gasteiger partial charge in [-0.3, -0.25) is 9.59 Å². The third kappa shape index (κ3) is 3.23. The summed E-state index contributed by atoms with van der Waals surface area (Å²) in [6, 6.07) is 12.5. The second-order valence-corrected chi connectivity index (χ2v) is 6.17. The van der Waals surface area contributed by atoms with Gasteiger partial charge in [-0.15, -0.1) is 0 Å². The van der Waals surface area contributed by atoms with E-state index in [1.807, 2.05) is 24.3 Å². The van der Waals surface area contributed by atoms with Crippen LogP contribution in [0.25, 0.3) is 10.9 Å². The van der Waals surface area contributed by atoms with Crippen LogP contribution in [0.3, 0.4) is 0 Å². The molecular weight excluding hydrogens is 354 g/mol. The fourth-order valence-corrected chi connectivity index (χ4v) is 3.22. The van der Waals surface area contributed by atoms with E-state index in [0.29, 0.717) is 27.8 Å². The first-order valence-electron chi connectivity index (χ1n) is 7.92. The van der Waals surface area contributed by atoms with Gasteiger partial charge in [-0.1, -0.05) is 29.8 Å². The summed E-state index contributed by atoms with van der Waals surface area (Å²) in [5.41, 5.74) is 2.31. The Morgan fingerprint density at radius 1 is 1.12 bits per heavy atom. The molecule has 2 aromatic carbocycles. The van der Waals surface area contributed by atoms with Crippen molar-refractivity contribution in [2.45, 2.75) is 6.92 Å². The van der Waals surface area contributed by atoms with E-state index in [4.69, 9.17) is 16.3 Å². The molecule has 0 radical (unpaired) electrons. The lowest BCUT2D eigenvalue weighted by Crippen LogP contribution is -2.16. The number of carbonyl (C=O) groups excluding carboxylic acids is 2. The Bertz CT molecular complexity index is 972. The molecule has 0 aliphatic carbocycles. The maximum absolute atomic E-state index is 12.8. The van der Waals surface area contributed by atoms with Crippen LogP contribution in [0.1, 0.15) is 17.4 Å². The summed E-state index contributed by atoms with van der Waals surface area (Å²) < 4.78 is 7.03. The van der Waals surface area contributed by atoms with Crippen LogP contribution < -0.4 is 15.4 Å². The van der Waals surface area contributed by atoms with Crippen molar-refractivity contribution in [2.24, 2.45) is 7.05 Å². The Morgan fingerprint density at radius 2 is 1.85 bits per heavy atom. The number of halogens is 1. The molecule has 3 rings (SSSR count). The molecule has 0 saturated carbocycles. The van der Waals surface area contributed by atoms with Crippen LogP contribution in [-0.4, -0.2) is 23.5 Å². The average molecular weight is 372 g/mol. The number of hydrogen-bond donors (Lipinski definition) is 2. The minimum atomic E-state index is -0.331. The highest BCUT2D eigenvalue weighted by atomic mass is 35.5. The molecule has 0 bridgehead atoms. The molecule has 0 unspecified atom stereocenters. The van der Waals surface area contributed by atoms with E-state index in [9.17, 15) is 9.59 Å². The van der Waals surface area contributed by atoms with E-state index in [1.54, 1.807) is 29.8 Å². The summed E-state index contributed by atoms with van der Waals surface area (Å²) >= 11 is 6.41. The third-order valence-corrected chi connectivity index (χ3v) is 4.41. The Labute approximate surface area is 155 Å². The monoisotopic (exact) mass is 371 g/mol. The van der Waals surface area contributed by atoms with Crippen LogP contribution in [0.4, 0.5) is 11.4 Å². The lowest BCUT2D eigenvalue weighted by atomic mass is 10.2. The number of carbonyl (C=O) groups is 2. The van der Waals surface area contributed by atoms with Gasteiger partial charge in [0.15, 0.2) is 0 Å². The summed E-state index contributed by atoms with van der Waals surface area (Å²) in [7, 11) is 3.29. The van der Waals surface area contributed by atoms with Gasteiger partial charge in [0.05, 0.1) is 17.8 Å². The standard InChI is InChI=1S/C19H18ClN3O3/c1-11(24)21-14-9-8-12(10-16(14)26-3)22-19(25)18-17(20)13-6-4-5-7-15(13)23(18)2/h4-10H,1-3H3,(H,21,24)(H,22,25). The zero-order chi connectivity index (χ0) is 18.8. The normalized spacial score (nSPS) is 10.6. The Morgan fingerprint density at radius 3 is 2.50 bits per heavy atom. The van der Waals surface area contributed by atoms with E-state index < -0.39 is 0 Å². The lowest BCUT2D eigenvalue weighted by molar-refractivity contribution is -0.114. The van der Waals surface area contributed by atoms with E-state index in [-0.39, 0.29) is 11.8 Å². The number of para-hydroxylation sites is 1. The highest BCUT2D eigenvalue weighted by Crippen LogP contribution is 2.32. The van der Waals surface area contributed by atoms with Gasteiger partial charge < -0.3 is 19.9 Å². The zero-order valence-corrected chi connectivity index (χ0v) is 15.3. The number of amides is 2. The summed E-state index contributed by atoms with van der Waals surface area (Å²) in [4.78, 5) is 24.0. The minimum absolute atomic E-state index is 0.206. The van der Waals surface area contributed by atoms with Crippen molar-refractivity contribution in [3.05, 3.63) is 53.2 Å². The smallest absolute Gasteiger partial charge is 0.273 e. The van der Waals surface area contributed by atoms with Gasteiger partial charge in [-0.25, -0.2) is 0 Å². The van der Waals surface area contributed by atoms with Crippen LogP contribution in [0.2, 0.25) is 5.02 Å². The SMILES string of the molecule is COc1cc(NC(=O)c2c(Cl)c3ccccc3n2C)ccc1NC(C)=O. The quantitative estimate of drug-likeness (QED) is 0.726. The number of methoxy groups -OCH3 is 1. The highest BCUT2D eigenvalue weighted by molar-refractivity contribution is 6.39. The first kappa shape index (κ1) is 17.8. The summed E-state index contributed by atoms with van der Waals surface area (Å²) in [6.45, 7) is 1.41. The van der Waals surface area contributed by atoms with E-state index >= 15 is 0 Å². The summed E-state index contributed by atoms with van der Waals surface area (Å²) in [5.74, 6) is -0.0912. The second-order valence-electron chi connectivity index (χ2n) is 5.79.